The molecule has 0 saturated heterocycles. The van der Waals surface area contributed by atoms with Crippen molar-refractivity contribution in [2.24, 2.45) is 0 Å². The van der Waals surface area contributed by atoms with Crippen molar-refractivity contribution in [3.8, 4) is 5.75 Å². The van der Waals surface area contributed by atoms with Crippen molar-refractivity contribution in [1.82, 2.24) is 4.90 Å². The Bertz CT molecular complexity index is 618. The Hall–Kier alpha value is -1.58. The Morgan fingerprint density at radius 3 is 2.17 bits per heavy atom. The van der Waals surface area contributed by atoms with Gasteiger partial charge in [0.2, 0.25) is 0 Å². The first kappa shape index (κ1) is 18.8. The van der Waals surface area contributed by atoms with E-state index in [1.165, 1.54) is 25.7 Å². The van der Waals surface area contributed by atoms with Gasteiger partial charge in [0.15, 0.2) is 0 Å². The van der Waals surface area contributed by atoms with E-state index in [4.69, 9.17) is 4.74 Å². The molecular formula is C21H31NO2. The molecule has 0 bridgehead atoms. The third-order valence-corrected chi connectivity index (χ3v) is 4.58. The van der Waals surface area contributed by atoms with Gasteiger partial charge in [-0.25, -0.2) is 0 Å². The number of aliphatic hydroxyl groups excluding tert-OH is 1. The zero-order valence-corrected chi connectivity index (χ0v) is 15.3. The molecule has 0 unspecified atom stereocenters. The van der Waals surface area contributed by atoms with E-state index >= 15 is 0 Å². The number of hydrogen-bond acceptors (Lipinski definition) is 3. The first-order valence-electron chi connectivity index (χ1n) is 9.17. The van der Waals surface area contributed by atoms with Crippen LogP contribution in [0.25, 0.3) is 10.8 Å². The SMILES string of the molecule is CCCCN(CCCC)C[C@@H](O)c1ccc(OC)c2ccccc12. The molecule has 132 valence electrons. The van der Waals surface area contributed by atoms with E-state index in [-0.39, 0.29) is 0 Å². The zero-order valence-electron chi connectivity index (χ0n) is 15.3. The number of rotatable bonds is 10. The lowest BCUT2D eigenvalue weighted by molar-refractivity contribution is 0.112. The van der Waals surface area contributed by atoms with Crippen LogP contribution in [0.5, 0.6) is 5.75 Å². The summed E-state index contributed by atoms with van der Waals surface area (Å²) < 4.78 is 5.46. The van der Waals surface area contributed by atoms with Crippen LogP contribution in [0.4, 0.5) is 0 Å². The predicted octanol–water partition coefficient (Wildman–Crippen LogP) is 4.78. The summed E-state index contributed by atoms with van der Waals surface area (Å²) >= 11 is 0. The molecule has 0 fully saturated rings. The number of methoxy groups -OCH3 is 1. The van der Waals surface area contributed by atoms with E-state index in [0.29, 0.717) is 6.54 Å². The number of hydrogen-bond donors (Lipinski definition) is 1. The normalized spacial score (nSPS) is 12.7. The van der Waals surface area contributed by atoms with Crippen LogP contribution in [-0.2, 0) is 0 Å². The van der Waals surface area contributed by atoms with E-state index in [1.807, 2.05) is 24.3 Å². The first-order chi connectivity index (χ1) is 11.7. The Morgan fingerprint density at radius 1 is 0.958 bits per heavy atom. The number of unbranched alkanes of at least 4 members (excludes halogenated alkanes) is 2. The van der Waals surface area contributed by atoms with E-state index in [1.54, 1.807) is 7.11 Å². The van der Waals surface area contributed by atoms with Gasteiger partial charge in [0, 0.05) is 11.9 Å². The predicted molar refractivity (Wildman–Crippen MR) is 102 cm³/mol. The van der Waals surface area contributed by atoms with Gasteiger partial charge in [0.1, 0.15) is 5.75 Å². The molecule has 2 aromatic carbocycles. The fourth-order valence-electron chi connectivity index (χ4n) is 3.16. The molecule has 0 aliphatic carbocycles. The van der Waals surface area contributed by atoms with E-state index in [0.717, 1.165) is 35.2 Å². The second-order valence-electron chi connectivity index (χ2n) is 6.43. The van der Waals surface area contributed by atoms with Crippen LogP contribution in [0, 0.1) is 0 Å². The number of ether oxygens (including phenoxy) is 1. The lowest BCUT2D eigenvalue weighted by Gasteiger charge is -2.26. The minimum absolute atomic E-state index is 0.477. The molecule has 3 heteroatoms. The molecule has 0 amide bonds. The molecule has 24 heavy (non-hydrogen) atoms. The van der Waals surface area contributed by atoms with Crippen LogP contribution in [0.1, 0.15) is 51.2 Å². The largest absolute Gasteiger partial charge is 0.496 e. The van der Waals surface area contributed by atoms with Crippen molar-refractivity contribution >= 4 is 10.8 Å². The fourth-order valence-corrected chi connectivity index (χ4v) is 3.16. The van der Waals surface area contributed by atoms with Gasteiger partial charge >= 0.3 is 0 Å². The van der Waals surface area contributed by atoms with Gasteiger partial charge < -0.3 is 14.7 Å². The highest BCUT2D eigenvalue weighted by Crippen LogP contribution is 2.31. The summed E-state index contributed by atoms with van der Waals surface area (Å²) in [5.41, 5.74) is 0.990. The third kappa shape index (κ3) is 4.71. The summed E-state index contributed by atoms with van der Waals surface area (Å²) in [5.74, 6) is 0.857. The molecule has 2 aromatic rings. The van der Waals surface area contributed by atoms with Crippen molar-refractivity contribution in [2.45, 2.75) is 45.6 Å². The van der Waals surface area contributed by atoms with Gasteiger partial charge in [0.25, 0.3) is 0 Å². The fraction of sp³-hybridized carbons (Fsp3) is 0.524. The van der Waals surface area contributed by atoms with Crippen molar-refractivity contribution in [3.05, 3.63) is 42.0 Å². The Labute approximate surface area is 146 Å². The molecule has 0 heterocycles. The Kier molecular flexibility index (Phi) is 7.54. The van der Waals surface area contributed by atoms with Crippen molar-refractivity contribution in [3.63, 3.8) is 0 Å². The molecule has 1 atom stereocenters. The third-order valence-electron chi connectivity index (χ3n) is 4.58. The lowest BCUT2D eigenvalue weighted by atomic mass is 9.99. The second kappa shape index (κ2) is 9.65. The van der Waals surface area contributed by atoms with Crippen LogP contribution in [0.15, 0.2) is 36.4 Å². The minimum Gasteiger partial charge on any atom is -0.496 e. The van der Waals surface area contributed by atoms with Gasteiger partial charge in [-0.05, 0) is 42.9 Å². The highest BCUT2D eigenvalue weighted by molar-refractivity contribution is 5.91. The molecule has 0 radical (unpaired) electrons. The molecule has 0 aliphatic rings. The van der Waals surface area contributed by atoms with Crippen LogP contribution < -0.4 is 4.74 Å². The van der Waals surface area contributed by atoms with Crippen LogP contribution >= 0.6 is 0 Å². The molecular weight excluding hydrogens is 298 g/mol. The summed E-state index contributed by atoms with van der Waals surface area (Å²) in [6, 6.07) is 12.1. The molecule has 0 aliphatic heterocycles. The Morgan fingerprint density at radius 2 is 1.58 bits per heavy atom. The minimum atomic E-state index is -0.477. The van der Waals surface area contributed by atoms with Crippen molar-refractivity contribution < 1.29 is 9.84 Å². The van der Waals surface area contributed by atoms with Crippen LogP contribution in [0.2, 0.25) is 0 Å². The van der Waals surface area contributed by atoms with Gasteiger partial charge in [-0.3, -0.25) is 0 Å². The van der Waals surface area contributed by atoms with E-state index < -0.39 is 6.10 Å². The second-order valence-corrected chi connectivity index (χ2v) is 6.43. The topological polar surface area (TPSA) is 32.7 Å². The quantitative estimate of drug-likeness (QED) is 0.680. The van der Waals surface area contributed by atoms with Gasteiger partial charge in [-0.1, -0.05) is 57.0 Å². The number of benzene rings is 2. The summed E-state index contributed by atoms with van der Waals surface area (Å²) in [6.45, 7) is 7.23. The number of fused-ring (bicyclic) bond motifs is 1. The summed E-state index contributed by atoms with van der Waals surface area (Å²) in [6.07, 6.45) is 4.25. The zero-order chi connectivity index (χ0) is 17.4. The average Bonchev–Trinajstić information content (AvgIpc) is 2.62. The smallest absolute Gasteiger partial charge is 0.126 e. The molecule has 0 aromatic heterocycles. The maximum Gasteiger partial charge on any atom is 0.126 e. The average molecular weight is 329 g/mol. The van der Waals surface area contributed by atoms with E-state index in [9.17, 15) is 5.11 Å². The maximum atomic E-state index is 10.9. The van der Waals surface area contributed by atoms with E-state index in [2.05, 4.69) is 30.9 Å². The molecule has 0 spiro atoms. The monoisotopic (exact) mass is 329 g/mol. The first-order valence-corrected chi connectivity index (χ1v) is 9.17. The molecule has 0 saturated carbocycles. The molecule has 2 rings (SSSR count). The molecule has 3 nitrogen and oxygen atoms in total. The molecule has 1 N–H and O–H groups in total. The van der Waals surface area contributed by atoms with Gasteiger partial charge in [-0.15, -0.1) is 0 Å². The Balaban J connectivity index is 2.21. The highest BCUT2D eigenvalue weighted by Gasteiger charge is 2.16. The standard InChI is InChI=1S/C21H31NO2/c1-4-6-14-22(15-7-5-2)16-20(23)18-12-13-21(24-3)19-11-9-8-10-17(18)19/h8-13,20,23H,4-7,14-16H2,1-3H3/t20-/m1/s1. The van der Waals surface area contributed by atoms with Crippen LogP contribution in [0.3, 0.4) is 0 Å². The van der Waals surface area contributed by atoms with Crippen molar-refractivity contribution in [2.75, 3.05) is 26.7 Å². The highest BCUT2D eigenvalue weighted by atomic mass is 16.5. The lowest BCUT2D eigenvalue weighted by Crippen LogP contribution is -2.30. The summed E-state index contributed by atoms with van der Waals surface area (Å²) in [4.78, 5) is 2.40. The maximum absolute atomic E-state index is 10.9. The number of nitrogens with zero attached hydrogens (tertiary/aromatic N) is 1. The summed E-state index contributed by atoms with van der Waals surface area (Å²) in [7, 11) is 1.69. The van der Waals surface area contributed by atoms with Gasteiger partial charge in [0.05, 0.1) is 13.2 Å². The van der Waals surface area contributed by atoms with Crippen LogP contribution in [-0.4, -0.2) is 36.8 Å². The summed E-state index contributed by atoms with van der Waals surface area (Å²) in [5, 5.41) is 13.0. The van der Waals surface area contributed by atoms with Crippen molar-refractivity contribution in [1.29, 1.82) is 0 Å². The van der Waals surface area contributed by atoms with Gasteiger partial charge in [-0.2, -0.15) is 0 Å². The number of aliphatic hydroxyl groups is 1.